The molecule has 5 nitrogen and oxygen atoms in total. The molecule has 30 heavy (non-hydrogen) atoms. The van der Waals surface area contributed by atoms with Crippen molar-refractivity contribution in [2.45, 2.75) is 25.8 Å². The molecule has 4 rings (SSSR count). The van der Waals surface area contributed by atoms with Gasteiger partial charge in [0.25, 0.3) is 5.91 Å². The lowest BCUT2D eigenvalue weighted by molar-refractivity contribution is 0.0905. The number of likely N-dealkylation sites (tertiary alicyclic amines) is 1. The standard InChI is InChI=1S/C24H28N2O3S/c1-18-17-25(13-11-19-7-6-16-30-19)14-12-20(18)26(24(27)23-10-5-15-29-23)21-8-3-4-9-22(21)28-2/h3-10,15-16,18,20H,11-14,17H2,1-2H3/t18-,20+/m0/s1. The highest BCUT2D eigenvalue weighted by Crippen LogP contribution is 2.35. The van der Waals surface area contributed by atoms with Crippen molar-refractivity contribution in [2.75, 3.05) is 31.6 Å². The first-order valence-electron chi connectivity index (χ1n) is 10.4. The Labute approximate surface area is 181 Å². The molecule has 1 saturated heterocycles. The Balaban J connectivity index is 1.54. The number of para-hydroxylation sites is 2. The third kappa shape index (κ3) is 4.45. The summed E-state index contributed by atoms with van der Waals surface area (Å²) < 4.78 is 11.0. The molecule has 1 amide bonds. The number of hydrogen-bond acceptors (Lipinski definition) is 5. The third-order valence-electron chi connectivity index (χ3n) is 5.83. The van der Waals surface area contributed by atoms with Crippen LogP contribution in [-0.2, 0) is 6.42 Å². The van der Waals surface area contributed by atoms with Crippen molar-refractivity contribution in [3.8, 4) is 5.75 Å². The van der Waals surface area contributed by atoms with Gasteiger partial charge < -0.3 is 14.1 Å². The molecule has 3 aromatic rings. The lowest BCUT2D eigenvalue weighted by atomic mass is 9.91. The van der Waals surface area contributed by atoms with Gasteiger partial charge in [0, 0.05) is 30.6 Å². The number of carbonyl (C=O) groups excluding carboxylic acids is 1. The number of piperidine rings is 1. The maximum atomic E-state index is 13.4. The molecule has 158 valence electrons. The Bertz CT molecular complexity index is 939. The highest BCUT2D eigenvalue weighted by molar-refractivity contribution is 7.09. The normalized spacial score (nSPS) is 19.5. The lowest BCUT2D eigenvalue weighted by Gasteiger charge is -2.42. The van der Waals surface area contributed by atoms with Gasteiger partial charge in [-0.05, 0) is 54.5 Å². The molecule has 6 heteroatoms. The molecule has 3 heterocycles. The van der Waals surface area contributed by atoms with E-state index in [4.69, 9.17) is 9.15 Å². The Morgan fingerprint density at radius 1 is 1.23 bits per heavy atom. The van der Waals surface area contributed by atoms with Crippen LogP contribution < -0.4 is 9.64 Å². The van der Waals surface area contributed by atoms with Crippen molar-refractivity contribution in [2.24, 2.45) is 5.92 Å². The van der Waals surface area contributed by atoms with E-state index < -0.39 is 0 Å². The first-order valence-corrected chi connectivity index (χ1v) is 11.3. The Kier molecular flexibility index (Phi) is 6.55. The van der Waals surface area contributed by atoms with Gasteiger partial charge in [-0.1, -0.05) is 25.1 Å². The number of carbonyl (C=O) groups is 1. The van der Waals surface area contributed by atoms with Crippen LogP contribution in [0.4, 0.5) is 5.69 Å². The van der Waals surface area contributed by atoms with Gasteiger partial charge in [0.15, 0.2) is 5.76 Å². The fourth-order valence-corrected chi connectivity index (χ4v) is 5.01. The zero-order valence-corrected chi connectivity index (χ0v) is 18.3. The summed E-state index contributed by atoms with van der Waals surface area (Å²) in [5, 5.41) is 2.13. The van der Waals surface area contributed by atoms with Gasteiger partial charge in [-0.2, -0.15) is 0 Å². The third-order valence-corrected chi connectivity index (χ3v) is 6.76. The van der Waals surface area contributed by atoms with E-state index in [-0.39, 0.29) is 11.9 Å². The summed E-state index contributed by atoms with van der Waals surface area (Å²) in [7, 11) is 1.64. The number of hydrogen-bond donors (Lipinski definition) is 0. The van der Waals surface area contributed by atoms with E-state index in [1.165, 1.54) is 4.88 Å². The van der Waals surface area contributed by atoms with E-state index in [1.54, 1.807) is 25.5 Å². The summed E-state index contributed by atoms with van der Waals surface area (Å²) in [6.07, 6.45) is 3.54. The number of anilines is 1. The van der Waals surface area contributed by atoms with Gasteiger partial charge in [-0.15, -0.1) is 11.3 Å². The zero-order valence-electron chi connectivity index (χ0n) is 17.5. The Morgan fingerprint density at radius 2 is 2.10 bits per heavy atom. The largest absolute Gasteiger partial charge is 0.495 e. The summed E-state index contributed by atoms with van der Waals surface area (Å²) in [6, 6.07) is 15.6. The number of amides is 1. The van der Waals surface area contributed by atoms with E-state index in [0.29, 0.717) is 17.4 Å². The molecule has 0 N–H and O–H groups in total. The summed E-state index contributed by atoms with van der Waals surface area (Å²) >= 11 is 1.82. The van der Waals surface area contributed by atoms with E-state index in [9.17, 15) is 4.79 Å². The maximum absolute atomic E-state index is 13.4. The second-order valence-electron chi connectivity index (χ2n) is 7.79. The van der Waals surface area contributed by atoms with Gasteiger partial charge in [-0.25, -0.2) is 0 Å². The fourth-order valence-electron chi connectivity index (χ4n) is 4.32. The number of furan rings is 1. The molecular formula is C24H28N2O3S. The molecule has 2 aromatic heterocycles. The van der Waals surface area contributed by atoms with Crippen LogP contribution in [0.15, 0.2) is 64.6 Å². The predicted octanol–water partition coefficient (Wildman–Crippen LogP) is 4.95. The minimum atomic E-state index is -0.117. The zero-order chi connectivity index (χ0) is 20.9. The van der Waals surface area contributed by atoms with Gasteiger partial charge >= 0.3 is 0 Å². The minimum absolute atomic E-state index is 0.0805. The van der Waals surface area contributed by atoms with Crippen molar-refractivity contribution >= 4 is 22.9 Å². The molecule has 0 radical (unpaired) electrons. The molecule has 0 spiro atoms. The molecule has 0 saturated carbocycles. The number of methoxy groups -OCH3 is 1. The first kappa shape index (κ1) is 20.7. The Morgan fingerprint density at radius 3 is 2.80 bits per heavy atom. The summed E-state index contributed by atoms with van der Waals surface area (Å²) in [6.45, 7) is 5.22. The predicted molar refractivity (Wildman–Crippen MR) is 121 cm³/mol. The van der Waals surface area contributed by atoms with Crippen LogP contribution in [-0.4, -0.2) is 43.6 Å². The fraction of sp³-hybridized carbons (Fsp3) is 0.375. The van der Waals surface area contributed by atoms with Crippen LogP contribution in [0, 0.1) is 5.92 Å². The smallest absolute Gasteiger partial charge is 0.294 e. The maximum Gasteiger partial charge on any atom is 0.294 e. The molecule has 1 aliphatic heterocycles. The summed E-state index contributed by atoms with van der Waals surface area (Å²) in [5.74, 6) is 1.26. The van der Waals surface area contributed by atoms with Gasteiger partial charge in [0.1, 0.15) is 5.75 Å². The van der Waals surface area contributed by atoms with Crippen LogP contribution >= 0.6 is 11.3 Å². The summed E-state index contributed by atoms with van der Waals surface area (Å²) in [4.78, 5) is 19.3. The highest BCUT2D eigenvalue weighted by atomic mass is 32.1. The average Bonchev–Trinajstić information content (AvgIpc) is 3.48. The van der Waals surface area contributed by atoms with Gasteiger partial charge in [0.2, 0.25) is 0 Å². The highest BCUT2D eigenvalue weighted by Gasteiger charge is 2.36. The topological polar surface area (TPSA) is 45.9 Å². The molecule has 1 fully saturated rings. The lowest BCUT2D eigenvalue weighted by Crippen LogP contribution is -2.52. The molecule has 0 bridgehead atoms. The first-order chi connectivity index (χ1) is 14.7. The number of ether oxygens (including phenoxy) is 1. The van der Waals surface area contributed by atoms with Gasteiger partial charge in [0.05, 0.1) is 19.1 Å². The van der Waals surface area contributed by atoms with Crippen LogP contribution in [0.5, 0.6) is 5.75 Å². The van der Waals surface area contributed by atoms with Crippen molar-refractivity contribution in [1.82, 2.24) is 4.90 Å². The SMILES string of the molecule is COc1ccccc1N(C(=O)c1ccco1)[C@@H]1CCN(CCc2cccs2)C[C@@H]1C. The molecule has 0 aliphatic carbocycles. The number of rotatable bonds is 7. The van der Waals surface area contributed by atoms with Crippen molar-refractivity contribution in [3.63, 3.8) is 0 Å². The second kappa shape index (κ2) is 9.49. The van der Waals surface area contributed by atoms with Crippen molar-refractivity contribution in [3.05, 3.63) is 70.8 Å². The quantitative estimate of drug-likeness (QED) is 0.538. The number of nitrogens with zero attached hydrogens (tertiary/aromatic N) is 2. The number of benzene rings is 1. The molecule has 1 aliphatic rings. The van der Waals surface area contributed by atoms with Crippen LogP contribution in [0.3, 0.4) is 0 Å². The van der Waals surface area contributed by atoms with E-state index in [1.807, 2.05) is 40.5 Å². The molecule has 1 aromatic carbocycles. The summed E-state index contributed by atoms with van der Waals surface area (Å²) in [5.41, 5.74) is 0.797. The minimum Gasteiger partial charge on any atom is -0.495 e. The molecule has 0 unspecified atom stereocenters. The molecular weight excluding hydrogens is 396 g/mol. The van der Waals surface area contributed by atoms with Crippen molar-refractivity contribution < 1.29 is 13.9 Å². The van der Waals surface area contributed by atoms with E-state index in [2.05, 4.69) is 29.3 Å². The Hall–Kier alpha value is -2.57. The van der Waals surface area contributed by atoms with E-state index in [0.717, 1.165) is 38.2 Å². The number of thiophene rings is 1. The van der Waals surface area contributed by atoms with E-state index >= 15 is 0 Å². The van der Waals surface area contributed by atoms with Crippen molar-refractivity contribution in [1.29, 1.82) is 0 Å². The monoisotopic (exact) mass is 424 g/mol. The van der Waals surface area contributed by atoms with Gasteiger partial charge in [-0.3, -0.25) is 9.69 Å². The molecule has 2 atom stereocenters. The van der Waals surface area contributed by atoms with Crippen LogP contribution in [0.1, 0.15) is 28.8 Å². The van der Waals surface area contributed by atoms with Crippen LogP contribution in [0.25, 0.3) is 0 Å². The second-order valence-corrected chi connectivity index (χ2v) is 8.82. The average molecular weight is 425 g/mol. The van der Waals surface area contributed by atoms with Crippen LogP contribution in [0.2, 0.25) is 0 Å².